The van der Waals surface area contributed by atoms with Crippen LogP contribution in [0.15, 0.2) is 0 Å². The first-order chi connectivity index (χ1) is 9.16. The Morgan fingerprint density at radius 2 is 2.00 bits per heavy atom. The van der Waals surface area contributed by atoms with Crippen LogP contribution >= 0.6 is 0 Å². The Bertz CT molecular complexity index is 297. The minimum Gasteiger partial charge on any atom is -0.379 e. The number of nitrogens with one attached hydrogen (secondary N) is 1. The zero-order chi connectivity index (χ0) is 13.7. The Morgan fingerprint density at radius 1 is 1.37 bits per heavy atom. The van der Waals surface area contributed by atoms with E-state index in [1.165, 1.54) is 0 Å². The third kappa shape index (κ3) is 3.68. The predicted octanol–water partition coefficient (Wildman–Crippen LogP) is 0.342. The van der Waals surface area contributed by atoms with Gasteiger partial charge in [-0.05, 0) is 19.8 Å². The van der Waals surface area contributed by atoms with E-state index < -0.39 is 0 Å². The maximum Gasteiger partial charge on any atom is 0.227 e. The Balaban J connectivity index is 1.80. The highest BCUT2D eigenvalue weighted by Gasteiger charge is 2.40. The van der Waals surface area contributed by atoms with E-state index in [1.807, 2.05) is 0 Å². The van der Waals surface area contributed by atoms with Gasteiger partial charge in [-0.1, -0.05) is 12.8 Å². The molecule has 0 aromatic heterocycles. The first kappa shape index (κ1) is 14.8. The molecule has 1 aliphatic heterocycles. The molecule has 1 saturated heterocycles. The molecular weight excluding hydrogens is 242 g/mol. The number of ether oxygens (including phenoxy) is 1. The zero-order valence-electron chi connectivity index (χ0n) is 12.0. The van der Waals surface area contributed by atoms with Crippen molar-refractivity contribution in [3.63, 3.8) is 0 Å². The van der Waals surface area contributed by atoms with E-state index in [9.17, 15) is 4.79 Å². The van der Waals surface area contributed by atoms with Crippen molar-refractivity contribution in [1.29, 1.82) is 0 Å². The molecule has 0 radical (unpaired) electrons. The summed E-state index contributed by atoms with van der Waals surface area (Å²) < 4.78 is 5.33. The molecule has 3 N–H and O–H groups in total. The van der Waals surface area contributed by atoms with E-state index in [2.05, 4.69) is 17.1 Å². The molecule has 19 heavy (non-hydrogen) atoms. The molecule has 2 rings (SSSR count). The summed E-state index contributed by atoms with van der Waals surface area (Å²) in [6, 6.07) is 0.176. The summed E-state index contributed by atoms with van der Waals surface area (Å²) in [4.78, 5) is 14.8. The van der Waals surface area contributed by atoms with Crippen molar-refractivity contribution in [2.24, 2.45) is 11.1 Å². The van der Waals surface area contributed by atoms with Crippen molar-refractivity contribution >= 4 is 5.91 Å². The summed E-state index contributed by atoms with van der Waals surface area (Å²) in [5.74, 6) is 0.160. The SMILES string of the molecule is CC(CN1CCOCC1)NC(=O)C1(CN)CCCC1. The molecule has 5 nitrogen and oxygen atoms in total. The van der Waals surface area contributed by atoms with Crippen LogP contribution < -0.4 is 11.1 Å². The highest BCUT2D eigenvalue weighted by atomic mass is 16.5. The van der Waals surface area contributed by atoms with Crippen LogP contribution in [0.1, 0.15) is 32.6 Å². The topological polar surface area (TPSA) is 67.6 Å². The van der Waals surface area contributed by atoms with Gasteiger partial charge in [0.25, 0.3) is 0 Å². The third-order valence-corrected chi connectivity index (χ3v) is 4.45. The summed E-state index contributed by atoms with van der Waals surface area (Å²) in [5.41, 5.74) is 5.55. The normalized spacial score (nSPS) is 25.2. The second-order valence-corrected chi connectivity index (χ2v) is 5.98. The first-order valence-corrected chi connectivity index (χ1v) is 7.47. The number of carbonyl (C=O) groups is 1. The highest BCUT2D eigenvalue weighted by Crippen LogP contribution is 2.37. The number of rotatable bonds is 5. The van der Waals surface area contributed by atoms with Crippen LogP contribution in [0.5, 0.6) is 0 Å². The van der Waals surface area contributed by atoms with Gasteiger partial charge in [0, 0.05) is 32.2 Å². The summed E-state index contributed by atoms with van der Waals surface area (Å²) >= 11 is 0. The largest absolute Gasteiger partial charge is 0.379 e. The number of morpholine rings is 1. The van der Waals surface area contributed by atoms with Gasteiger partial charge in [-0.3, -0.25) is 9.69 Å². The van der Waals surface area contributed by atoms with Gasteiger partial charge in [-0.15, -0.1) is 0 Å². The summed E-state index contributed by atoms with van der Waals surface area (Å²) in [5, 5.41) is 3.16. The molecule has 1 atom stereocenters. The number of nitrogens with zero attached hydrogens (tertiary/aromatic N) is 1. The van der Waals surface area contributed by atoms with Crippen molar-refractivity contribution < 1.29 is 9.53 Å². The van der Waals surface area contributed by atoms with Crippen molar-refractivity contribution in [2.45, 2.75) is 38.6 Å². The van der Waals surface area contributed by atoms with Crippen LogP contribution in [0.25, 0.3) is 0 Å². The van der Waals surface area contributed by atoms with Gasteiger partial charge in [-0.2, -0.15) is 0 Å². The molecule has 110 valence electrons. The van der Waals surface area contributed by atoms with Crippen LogP contribution in [0.3, 0.4) is 0 Å². The fourth-order valence-electron chi connectivity index (χ4n) is 3.17. The second-order valence-electron chi connectivity index (χ2n) is 5.98. The maximum atomic E-state index is 12.4. The van der Waals surface area contributed by atoms with Crippen molar-refractivity contribution in [1.82, 2.24) is 10.2 Å². The average Bonchev–Trinajstić information content (AvgIpc) is 2.89. The minimum atomic E-state index is -0.292. The van der Waals surface area contributed by atoms with Crippen LogP contribution in [0.2, 0.25) is 0 Å². The van der Waals surface area contributed by atoms with Crippen LogP contribution in [-0.4, -0.2) is 56.2 Å². The molecule has 0 aromatic rings. The Kier molecular flexibility index (Phi) is 5.19. The van der Waals surface area contributed by atoms with E-state index in [4.69, 9.17) is 10.5 Å². The van der Waals surface area contributed by atoms with Gasteiger partial charge in [-0.25, -0.2) is 0 Å². The smallest absolute Gasteiger partial charge is 0.227 e. The van der Waals surface area contributed by atoms with Gasteiger partial charge >= 0.3 is 0 Å². The Morgan fingerprint density at radius 3 is 2.58 bits per heavy atom. The molecule has 1 heterocycles. The molecule has 0 aromatic carbocycles. The number of hydrogen-bond donors (Lipinski definition) is 2. The monoisotopic (exact) mass is 269 g/mol. The van der Waals surface area contributed by atoms with Gasteiger partial charge < -0.3 is 15.8 Å². The molecule has 0 spiro atoms. The molecular formula is C14H27N3O2. The van der Waals surface area contributed by atoms with Gasteiger partial charge in [0.05, 0.1) is 18.6 Å². The van der Waals surface area contributed by atoms with Crippen LogP contribution in [0.4, 0.5) is 0 Å². The number of nitrogens with two attached hydrogens (primary N) is 1. The maximum absolute atomic E-state index is 12.4. The van der Waals surface area contributed by atoms with E-state index in [-0.39, 0.29) is 17.4 Å². The summed E-state index contributed by atoms with van der Waals surface area (Å²) in [6.45, 7) is 6.97. The van der Waals surface area contributed by atoms with Crippen LogP contribution in [-0.2, 0) is 9.53 Å². The molecule has 2 fully saturated rings. The predicted molar refractivity (Wildman–Crippen MR) is 74.8 cm³/mol. The van der Waals surface area contributed by atoms with E-state index in [0.717, 1.165) is 58.5 Å². The minimum absolute atomic E-state index is 0.160. The van der Waals surface area contributed by atoms with Crippen molar-refractivity contribution in [3.05, 3.63) is 0 Å². The molecule has 0 bridgehead atoms. The fourth-order valence-corrected chi connectivity index (χ4v) is 3.17. The lowest BCUT2D eigenvalue weighted by Crippen LogP contribution is -2.51. The average molecular weight is 269 g/mol. The van der Waals surface area contributed by atoms with Gasteiger partial charge in [0.2, 0.25) is 5.91 Å². The molecule has 5 heteroatoms. The first-order valence-electron chi connectivity index (χ1n) is 7.47. The zero-order valence-corrected chi connectivity index (χ0v) is 12.0. The van der Waals surface area contributed by atoms with E-state index in [1.54, 1.807) is 0 Å². The fraction of sp³-hybridized carbons (Fsp3) is 0.929. The standard InChI is InChI=1S/C14H27N3O2/c1-12(10-17-6-8-19-9-7-17)16-13(18)14(11-15)4-2-3-5-14/h12H,2-11,15H2,1H3,(H,16,18). The molecule has 1 saturated carbocycles. The third-order valence-electron chi connectivity index (χ3n) is 4.45. The number of hydrogen-bond acceptors (Lipinski definition) is 4. The van der Waals surface area contributed by atoms with E-state index in [0.29, 0.717) is 6.54 Å². The Labute approximate surface area is 115 Å². The number of amides is 1. The van der Waals surface area contributed by atoms with Crippen molar-refractivity contribution in [3.8, 4) is 0 Å². The second kappa shape index (κ2) is 6.68. The van der Waals surface area contributed by atoms with E-state index >= 15 is 0 Å². The lowest BCUT2D eigenvalue weighted by atomic mass is 9.85. The summed E-state index contributed by atoms with van der Waals surface area (Å²) in [7, 11) is 0. The molecule has 1 amide bonds. The van der Waals surface area contributed by atoms with Gasteiger partial charge in [0.1, 0.15) is 0 Å². The highest BCUT2D eigenvalue weighted by molar-refractivity contribution is 5.83. The Hall–Kier alpha value is -0.650. The molecule has 2 aliphatic rings. The van der Waals surface area contributed by atoms with Crippen molar-refractivity contribution in [2.75, 3.05) is 39.4 Å². The quantitative estimate of drug-likeness (QED) is 0.755. The number of carbonyl (C=O) groups excluding carboxylic acids is 1. The lowest BCUT2D eigenvalue weighted by molar-refractivity contribution is -0.131. The summed E-state index contributed by atoms with van der Waals surface area (Å²) in [6.07, 6.45) is 4.14. The molecule has 1 aliphatic carbocycles. The van der Waals surface area contributed by atoms with Crippen LogP contribution in [0, 0.1) is 5.41 Å². The molecule has 1 unspecified atom stereocenters. The lowest BCUT2D eigenvalue weighted by Gasteiger charge is -2.32. The van der Waals surface area contributed by atoms with Gasteiger partial charge in [0.15, 0.2) is 0 Å².